The molecule has 104 valence electrons. The first kappa shape index (κ1) is 13.9. The van der Waals surface area contributed by atoms with Crippen molar-refractivity contribution in [3.8, 4) is 0 Å². The summed E-state index contributed by atoms with van der Waals surface area (Å²) in [6.45, 7) is 4.53. The van der Waals surface area contributed by atoms with Gasteiger partial charge in [-0.25, -0.2) is 0 Å². The molecule has 0 spiro atoms. The Kier molecular flexibility index (Phi) is 4.60. The molecule has 3 N–H and O–H groups in total. The zero-order valence-corrected chi connectivity index (χ0v) is 11.3. The van der Waals surface area contributed by atoms with Crippen LogP contribution in [-0.4, -0.2) is 19.1 Å². The Morgan fingerprint density at radius 3 is 2.70 bits per heavy atom. The molecular formula is C16H18N2O2. The van der Waals surface area contributed by atoms with E-state index in [1.807, 2.05) is 36.4 Å². The number of hydrogen-bond acceptors (Lipinski definition) is 3. The Balaban J connectivity index is 2.05. The van der Waals surface area contributed by atoms with Crippen LogP contribution in [0.1, 0.15) is 16.8 Å². The van der Waals surface area contributed by atoms with Gasteiger partial charge < -0.3 is 15.8 Å². The SMILES string of the molecule is C=COCCCNC(=O)c1cc2ccccc2cc1N. The van der Waals surface area contributed by atoms with Gasteiger partial charge in [0.05, 0.1) is 18.4 Å². The van der Waals surface area contributed by atoms with Gasteiger partial charge >= 0.3 is 0 Å². The largest absolute Gasteiger partial charge is 0.502 e. The molecule has 1 amide bonds. The van der Waals surface area contributed by atoms with Crippen molar-refractivity contribution >= 4 is 22.4 Å². The third-order valence-corrected chi connectivity index (χ3v) is 3.00. The highest BCUT2D eigenvalue weighted by Crippen LogP contribution is 2.21. The maximum Gasteiger partial charge on any atom is 0.253 e. The van der Waals surface area contributed by atoms with Crippen LogP contribution >= 0.6 is 0 Å². The van der Waals surface area contributed by atoms with Crippen LogP contribution < -0.4 is 11.1 Å². The zero-order valence-electron chi connectivity index (χ0n) is 11.3. The van der Waals surface area contributed by atoms with E-state index in [4.69, 9.17) is 10.5 Å². The summed E-state index contributed by atoms with van der Waals surface area (Å²) < 4.78 is 4.99. The first-order valence-corrected chi connectivity index (χ1v) is 6.51. The van der Waals surface area contributed by atoms with Gasteiger partial charge in [0, 0.05) is 12.2 Å². The normalized spacial score (nSPS) is 10.2. The zero-order chi connectivity index (χ0) is 14.4. The average molecular weight is 270 g/mol. The molecule has 0 bridgehead atoms. The van der Waals surface area contributed by atoms with E-state index in [9.17, 15) is 4.79 Å². The lowest BCUT2D eigenvalue weighted by molar-refractivity contribution is 0.0951. The number of fused-ring (bicyclic) bond motifs is 1. The molecule has 2 aromatic carbocycles. The van der Waals surface area contributed by atoms with E-state index >= 15 is 0 Å². The molecule has 0 saturated heterocycles. The molecule has 0 aromatic heterocycles. The molecule has 0 heterocycles. The predicted octanol–water partition coefficient (Wildman–Crippen LogP) is 2.70. The van der Waals surface area contributed by atoms with Gasteiger partial charge in [0.25, 0.3) is 5.91 Å². The number of anilines is 1. The van der Waals surface area contributed by atoms with Crippen molar-refractivity contribution in [3.63, 3.8) is 0 Å². The molecule has 0 unspecified atom stereocenters. The molecule has 0 aliphatic rings. The highest BCUT2D eigenvalue weighted by Gasteiger charge is 2.10. The van der Waals surface area contributed by atoms with E-state index in [2.05, 4.69) is 11.9 Å². The first-order valence-electron chi connectivity index (χ1n) is 6.51. The standard InChI is InChI=1S/C16H18N2O2/c1-2-20-9-5-8-18-16(19)14-10-12-6-3-4-7-13(12)11-15(14)17/h2-4,6-7,10-11H,1,5,8-9,17H2,(H,18,19). The molecule has 0 atom stereocenters. The third-order valence-electron chi connectivity index (χ3n) is 3.00. The van der Waals surface area contributed by atoms with Crippen LogP contribution in [0, 0.1) is 0 Å². The Bertz CT molecular complexity index is 623. The molecule has 0 saturated carbocycles. The maximum atomic E-state index is 12.1. The van der Waals surface area contributed by atoms with Crippen molar-refractivity contribution in [2.45, 2.75) is 6.42 Å². The molecule has 0 aliphatic heterocycles. The second kappa shape index (κ2) is 6.61. The number of rotatable bonds is 6. The highest BCUT2D eigenvalue weighted by molar-refractivity contribution is 6.03. The summed E-state index contributed by atoms with van der Waals surface area (Å²) in [4.78, 5) is 12.1. The van der Waals surface area contributed by atoms with E-state index in [1.165, 1.54) is 6.26 Å². The van der Waals surface area contributed by atoms with E-state index in [-0.39, 0.29) is 5.91 Å². The quantitative estimate of drug-likeness (QED) is 0.482. The van der Waals surface area contributed by atoms with Crippen LogP contribution in [0.2, 0.25) is 0 Å². The molecule has 4 nitrogen and oxygen atoms in total. The summed E-state index contributed by atoms with van der Waals surface area (Å²) in [5, 5.41) is 4.86. The summed E-state index contributed by atoms with van der Waals surface area (Å²) in [6, 6.07) is 11.5. The van der Waals surface area contributed by atoms with Crippen molar-refractivity contribution in [2.75, 3.05) is 18.9 Å². The predicted molar refractivity (Wildman–Crippen MR) is 81.5 cm³/mol. The van der Waals surface area contributed by atoms with Gasteiger partial charge in [0.15, 0.2) is 0 Å². The van der Waals surface area contributed by atoms with E-state index < -0.39 is 0 Å². The fourth-order valence-corrected chi connectivity index (χ4v) is 1.99. The Labute approximate surface area is 118 Å². The first-order chi connectivity index (χ1) is 9.72. The third kappa shape index (κ3) is 3.29. The van der Waals surface area contributed by atoms with Gasteiger partial charge in [-0.3, -0.25) is 4.79 Å². The van der Waals surface area contributed by atoms with Crippen LogP contribution in [0.25, 0.3) is 10.8 Å². The summed E-state index contributed by atoms with van der Waals surface area (Å²) in [5.74, 6) is -0.160. The Hall–Kier alpha value is -2.49. The van der Waals surface area contributed by atoms with Crippen molar-refractivity contribution in [3.05, 3.63) is 54.8 Å². The topological polar surface area (TPSA) is 64.3 Å². The number of nitrogens with one attached hydrogen (secondary N) is 1. The molecular weight excluding hydrogens is 252 g/mol. The molecule has 0 aliphatic carbocycles. The molecule has 20 heavy (non-hydrogen) atoms. The number of nitrogens with two attached hydrogens (primary N) is 1. The lowest BCUT2D eigenvalue weighted by Gasteiger charge is -2.09. The molecule has 0 fully saturated rings. The van der Waals surface area contributed by atoms with Gasteiger partial charge in [-0.2, -0.15) is 0 Å². The van der Waals surface area contributed by atoms with Crippen LogP contribution in [0.15, 0.2) is 49.2 Å². The number of hydrogen-bond donors (Lipinski definition) is 2. The maximum absolute atomic E-state index is 12.1. The lowest BCUT2D eigenvalue weighted by Crippen LogP contribution is -2.26. The monoisotopic (exact) mass is 270 g/mol. The molecule has 4 heteroatoms. The summed E-state index contributed by atoms with van der Waals surface area (Å²) in [7, 11) is 0. The van der Waals surface area contributed by atoms with Gasteiger partial charge in [-0.05, 0) is 29.3 Å². The van der Waals surface area contributed by atoms with Crippen LogP contribution in [0.5, 0.6) is 0 Å². The number of carbonyl (C=O) groups excluding carboxylic acids is 1. The average Bonchev–Trinajstić information content (AvgIpc) is 2.46. The number of carbonyl (C=O) groups is 1. The minimum atomic E-state index is -0.160. The minimum absolute atomic E-state index is 0.160. The van der Waals surface area contributed by atoms with Gasteiger partial charge in [-0.15, -0.1) is 0 Å². The number of benzene rings is 2. The Morgan fingerprint density at radius 1 is 1.30 bits per heavy atom. The number of ether oxygens (including phenoxy) is 1. The van der Waals surface area contributed by atoms with Crippen LogP contribution in [-0.2, 0) is 4.74 Å². The van der Waals surface area contributed by atoms with Crippen molar-refractivity contribution < 1.29 is 9.53 Å². The highest BCUT2D eigenvalue weighted by atomic mass is 16.5. The van der Waals surface area contributed by atoms with Crippen molar-refractivity contribution in [1.82, 2.24) is 5.32 Å². The minimum Gasteiger partial charge on any atom is -0.502 e. The number of amides is 1. The second-order valence-electron chi connectivity index (χ2n) is 4.43. The summed E-state index contributed by atoms with van der Waals surface area (Å²) in [5.41, 5.74) is 6.94. The van der Waals surface area contributed by atoms with E-state index in [0.29, 0.717) is 24.4 Å². The fraction of sp³-hybridized carbons (Fsp3) is 0.188. The van der Waals surface area contributed by atoms with Crippen molar-refractivity contribution in [1.29, 1.82) is 0 Å². The van der Waals surface area contributed by atoms with Crippen LogP contribution in [0.3, 0.4) is 0 Å². The van der Waals surface area contributed by atoms with Crippen LogP contribution in [0.4, 0.5) is 5.69 Å². The van der Waals surface area contributed by atoms with Gasteiger partial charge in [0.1, 0.15) is 0 Å². The summed E-state index contributed by atoms with van der Waals surface area (Å²) >= 11 is 0. The molecule has 2 rings (SSSR count). The smallest absolute Gasteiger partial charge is 0.253 e. The van der Waals surface area contributed by atoms with Gasteiger partial charge in [-0.1, -0.05) is 30.8 Å². The van der Waals surface area contributed by atoms with Crippen molar-refractivity contribution in [2.24, 2.45) is 0 Å². The van der Waals surface area contributed by atoms with Gasteiger partial charge in [0.2, 0.25) is 0 Å². The summed E-state index contributed by atoms with van der Waals surface area (Å²) in [6.07, 6.45) is 2.12. The fourth-order valence-electron chi connectivity index (χ4n) is 1.99. The second-order valence-corrected chi connectivity index (χ2v) is 4.43. The molecule has 0 radical (unpaired) electrons. The van der Waals surface area contributed by atoms with E-state index in [1.54, 1.807) is 0 Å². The number of nitrogen functional groups attached to an aromatic ring is 1. The Morgan fingerprint density at radius 2 is 2.00 bits per heavy atom. The lowest BCUT2D eigenvalue weighted by atomic mass is 10.0. The van der Waals surface area contributed by atoms with E-state index in [0.717, 1.165) is 17.2 Å². The molecule has 2 aromatic rings.